The molecule has 0 radical (unpaired) electrons. The summed E-state index contributed by atoms with van der Waals surface area (Å²) in [4.78, 5) is 13.8. The van der Waals surface area contributed by atoms with Crippen molar-refractivity contribution in [1.29, 1.82) is 0 Å². The van der Waals surface area contributed by atoms with E-state index in [2.05, 4.69) is 0 Å². The first-order chi connectivity index (χ1) is 6.02. The molecule has 1 rings (SSSR count). The molecule has 0 aromatic rings. The molecule has 0 saturated carbocycles. The van der Waals surface area contributed by atoms with Crippen LogP contribution in [0.4, 0.5) is 0 Å². The average molecular weight is 183 g/mol. The molecule has 0 bridgehead atoms. The van der Waals surface area contributed by atoms with Crippen LogP contribution in [0.15, 0.2) is 24.3 Å². The Morgan fingerprint density at radius 1 is 1.46 bits per heavy atom. The van der Waals surface area contributed by atoms with E-state index in [0.717, 1.165) is 0 Å². The van der Waals surface area contributed by atoms with Gasteiger partial charge in [-0.15, -0.1) is 0 Å². The van der Waals surface area contributed by atoms with Crippen molar-refractivity contribution in [3.05, 3.63) is 34.4 Å². The van der Waals surface area contributed by atoms with Gasteiger partial charge < -0.3 is 9.80 Å². The minimum Gasteiger partial charge on any atom is -0.367 e. The fourth-order valence-electron chi connectivity index (χ4n) is 1.11. The van der Waals surface area contributed by atoms with Crippen molar-refractivity contribution in [2.24, 2.45) is 0 Å². The molecule has 0 amide bonds. The van der Waals surface area contributed by atoms with Gasteiger partial charge in [-0.1, -0.05) is 0 Å². The van der Waals surface area contributed by atoms with Gasteiger partial charge in [0.15, 0.2) is 0 Å². The zero-order valence-electron chi connectivity index (χ0n) is 7.97. The SMILES string of the molecule is CC1C([N+](=O)[O-])=CN(C)C=CN1C. The van der Waals surface area contributed by atoms with Crippen molar-refractivity contribution in [1.82, 2.24) is 9.80 Å². The Labute approximate surface area is 77.1 Å². The van der Waals surface area contributed by atoms with E-state index >= 15 is 0 Å². The summed E-state index contributed by atoms with van der Waals surface area (Å²) in [7, 11) is 3.59. The summed E-state index contributed by atoms with van der Waals surface area (Å²) in [6.45, 7) is 1.80. The molecule has 0 aromatic heterocycles. The fourth-order valence-corrected chi connectivity index (χ4v) is 1.11. The lowest BCUT2D eigenvalue weighted by atomic mass is 10.2. The first-order valence-electron chi connectivity index (χ1n) is 4.00. The number of nitro groups is 1. The Morgan fingerprint density at radius 3 is 2.62 bits per heavy atom. The maximum atomic E-state index is 10.7. The molecule has 0 spiro atoms. The van der Waals surface area contributed by atoms with Crippen molar-refractivity contribution in [3.8, 4) is 0 Å². The Bertz CT molecular complexity index is 273. The predicted octanol–water partition coefficient (Wildman–Crippen LogP) is 0.841. The molecule has 1 aliphatic rings. The third-order valence-corrected chi connectivity index (χ3v) is 2.12. The lowest BCUT2D eigenvalue weighted by Crippen LogP contribution is -2.28. The van der Waals surface area contributed by atoms with Gasteiger partial charge in [0.05, 0.1) is 11.1 Å². The zero-order valence-corrected chi connectivity index (χ0v) is 7.97. The highest BCUT2D eigenvalue weighted by atomic mass is 16.6. The third kappa shape index (κ3) is 1.99. The lowest BCUT2D eigenvalue weighted by molar-refractivity contribution is -0.432. The van der Waals surface area contributed by atoms with Gasteiger partial charge in [-0.05, 0) is 6.92 Å². The summed E-state index contributed by atoms with van der Waals surface area (Å²) < 4.78 is 0. The quantitative estimate of drug-likeness (QED) is 0.446. The normalized spacial score (nSPS) is 22.7. The summed E-state index contributed by atoms with van der Waals surface area (Å²) in [5, 5.41) is 10.7. The zero-order chi connectivity index (χ0) is 10.0. The van der Waals surface area contributed by atoms with Crippen molar-refractivity contribution in [2.75, 3.05) is 14.1 Å². The van der Waals surface area contributed by atoms with Gasteiger partial charge in [-0.25, -0.2) is 0 Å². The van der Waals surface area contributed by atoms with Crippen molar-refractivity contribution >= 4 is 0 Å². The minimum atomic E-state index is -0.343. The molecule has 0 aromatic carbocycles. The minimum absolute atomic E-state index is 0.198. The number of hydrogen-bond donors (Lipinski definition) is 0. The van der Waals surface area contributed by atoms with E-state index in [1.807, 2.05) is 13.2 Å². The lowest BCUT2D eigenvalue weighted by Gasteiger charge is -2.18. The summed E-state index contributed by atoms with van der Waals surface area (Å²) in [6.07, 6.45) is 5.13. The smallest absolute Gasteiger partial charge is 0.284 e. The van der Waals surface area contributed by atoms with E-state index in [1.165, 1.54) is 6.20 Å². The van der Waals surface area contributed by atoms with Crippen LogP contribution in [0.5, 0.6) is 0 Å². The van der Waals surface area contributed by atoms with Crippen molar-refractivity contribution in [3.63, 3.8) is 0 Å². The molecule has 1 atom stereocenters. The molecular weight excluding hydrogens is 170 g/mol. The first kappa shape index (κ1) is 9.57. The highest BCUT2D eigenvalue weighted by Crippen LogP contribution is 2.14. The molecule has 13 heavy (non-hydrogen) atoms. The number of likely N-dealkylation sites (N-methyl/N-ethyl adjacent to an activating group) is 1. The van der Waals surface area contributed by atoms with Crippen LogP contribution < -0.4 is 0 Å². The van der Waals surface area contributed by atoms with Gasteiger partial charge in [-0.3, -0.25) is 10.1 Å². The van der Waals surface area contributed by atoms with Gasteiger partial charge >= 0.3 is 0 Å². The van der Waals surface area contributed by atoms with Crippen LogP contribution >= 0.6 is 0 Å². The van der Waals surface area contributed by atoms with Gasteiger partial charge in [0, 0.05) is 26.5 Å². The van der Waals surface area contributed by atoms with E-state index in [4.69, 9.17) is 0 Å². The van der Waals surface area contributed by atoms with E-state index in [1.54, 1.807) is 30.0 Å². The second-order valence-electron chi connectivity index (χ2n) is 3.12. The third-order valence-electron chi connectivity index (χ3n) is 2.12. The van der Waals surface area contributed by atoms with Crippen LogP contribution in [0, 0.1) is 10.1 Å². The molecule has 1 aliphatic heterocycles. The molecular formula is C8H13N3O2. The molecule has 5 nitrogen and oxygen atoms in total. The number of hydrogen-bond acceptors (Lipinski definition) is 4. The maximum absolute atomic E-state index is 10.7. The van der Waals surface area contributed by atoms with Crippen LogP contribution in [-0.2, 0) is 0 Å². The molecule has 0 saturated heterocycles. The van der Waals surface area contributed by atoms with Gasteiger partial charge in [0.1, 0.15) is 6.04 Å². The highest BCUT2D eigenvalue weighted by molar-refractivity contribution is 5.07. The molecule has 72 valence electrons. The second kappa shape index (κ2) is 3.47. The van der Waals surface area contributed by atoms with E-state index in [0.29, 0.717) is 0 Å². The first-order valence-corrected chi connectivity index (χ1v) is 4.00. The van der Waals surface area contributed by atoms with Gasteiger partial charge in [-0.2, -0.15) is 0 Å². The number of nitrogens with zero attached hydrogens (tertiary/aromatic N) is 3. The van der Waals surface area contributed by atoms with E-state index in [9.17, 15) is 10.1 Å². The standard InChI is InChI=1S/C8H13N3O2/c1-7-8(11(12)13)6-9(2)4-5-10(7)3/h4-7H,1-3H3. The van der Waals surface area contributed by atoms with Crippen LogP contribution in [0.25, 0.3) is 0 Å². The van der Waals surface area contributed by atoms with Gasteiger partial charge in [0.2, 0.25) is 0 Å². The fraction of sp³-hybridized carbons (Fsp3) is 0.500. The summed E-state index contributed by atoms with van der Waals surface area (Å²) in [5.41, 5.74) is 0.204. The molecule has 1 unspecified atom stereocenters. The van der Waals surface area contributed by atoms with Crippen LogP contribution in [0.1, 0.15) is 6.92 Å². The second-order valence-corrected chi connectivity index (χ2v) is 3.12. The summed E-state index contributed by atoms with van der Waals surface area (Å²) in [5.74, 6) is 0. The van der Waals surface area contributed by atoms with E-state index in [-0.39, 0.29) is 16.7 Å². The van der Waals surface area contributed by atoms with Crippen molar-refractivity contribution in [2.45, 2.75) is 13.0 Å². The van der Waals surface area contributed by atoms with E-state index < -0.39 is 0 Å². The largest absolute Gasteiger partial charge is 0.367 e. The predicted molar refractivity (Wildman–Crippen MR) is 49.2 cm³/mol. The van der Waals surface area contributed by atoms with Crippen LogP contribution in [0.3, 0.4) is 0 Å². The van der Waals surface area contributed by atoms with Crippen LogP contribution in [-0.4, -0.2) is 34.9 Å². The number of rotatable bonds is 1. The van der Waals surface area contributed by atoms with Crippen molar-refractivity contribution < 1.29 is 4.92 Å². The Balaban J connectivity index is 2.99. The molecule has 5 heteroatoms. The Kier molecular flexibility index (Phi) is 2.55. The Morgan fingerprint density at radius 2 is 2.08 bits per heavy atom. The topological polar surface area (TPSA) is 49.6 Å². The average Bonchev–Trinajstić information content (AvgIpc) is 2.18. The Hall–Kier alpha value is -1.52. The monoisotopic (exact) mass is 183 g/mol. The summed E-state index contributed by atoms with van der Waals surface area (Å²) >= 11 is 0. The van der Waals surface area contributed by atoms with Crippen LogP contribution in [0.2, 0.25) is 0 Å². The summed E-state index contributed by atoms with van der Waals surface area (Å²) in [6, 6.07) is -0.198. The highest BCUT2D eigenvalue weighted by Gasteiger charge is 2.24. The molecule has 1 heterocycles. The molecule has 0 aliphatic carbocycles. The molecule has 0 N–H and O–H groups in total. The van der Waals surface area contributed by atoms with Gasteiger partial charge in [0.25, 0.3) is 5.70 Å². The maximum Gasteiger partial charge on any atom is 0.284 e. The molecule has 0 fully saturated rings.